The fourth-order valence-electron chi connectivity index (χ4n) is 2.23. The summed E-state index contributed by atoms with van der Waals surface area (Å²) in [6.07, 6.45) is 12.5. The first-order valence-electron chi connectivity index (χ1n) is 8.46. The molecular formula is C16H32N2O2S. The van der Waals surface area contributed by atoms with Crippen molar-refractivity contribution in [3.05, 3.63) is 0 Å². The van der Waals surface area contributed by atoms with E-state index in [-0.39, 0.29) is 5.75 Å². The lowest BCUT2D eigenvalue weighted by Gasteiger charge is -2.06. The van der Waals surface area contributed by atoms with Crippen molar-refractivity contribution < 1.29 is 8.42 Å². The third-order valence-corrected chi connectivity index (χ3v) is 5.02. The molecular weight excluding hydrogens is 284 g/mol. The van der Waals surface area contributed by atoms with Gasteiger partial charge in [-0.2, -0.15) is 5.26 Å². The highest BCUT2D eigenvalue weighted by Crippen LogP contribution is 2.09. The Hall–Kier alpha value is -0.600. The van der Waals surface area contributed by atoms with Crippen LogP contribution >= 0.6 is 0 Å². The fourth-order valence-corrected chi connectivity index (χ4v) is 3.42. The summed E-state index contributed by atoms with van der Waals surface area (Å²) in [6.45, 7) is 2.71. The molecule has 1 N–H and O–H groups in total. The maximum atomic E-state index is 11.7. The zero-order valence-corrected chi connectivity index (χ0v) is 14.4. The van der Waals surface area contributed by atoms with Gasteiger partial charge in [0.1, 0.15) is 0 Å². The zero-order chi connectivity index (χ0) is 15.8. The van der Waals surface area contributed by atoms with Crippen LogP contribution in [0.3, 0.4) is 0 Å². The van der Waals surface area contributed by atoms with E-state index < -0.39 is 10.0 Å². The van der Waals surface area contributed by atoms with Gasteiger partial charge in [-0.05, 0) is 19.3 Å². The summed E-state index contributed by atoms with van der Waals surface area (Å²) in [5, 5.41) is 8.39. The molecule has 0 aromatic carbocycles. The van der Waals surface area contributed by atoms with Crippen LogP contribution in [0.4, 0.5) is 0 Å². The number of nitrogens with one attached hydrogen (secondary N) is 1. The van der Waals surface area contributed by atoms with E-state index in [0.717, 1.165) is 38.5 Å². The van der Waals surface area contributed by atoms with E-state index in [0.29, 0.717) is 13.0 Å². The standard InChI is InChI=1S/C16H32N2O2S/c1-2-3-4-5-6-7-10-13-16-21(19,20)18-15-12-9-8-11-14-17/h18H,2-13,15-16H2,1H3. The molecule has 0 heterocycles. The van der Waals surface area contributed by atoms with Gasteiger partial charge in [0.15, 0.2) is 0 Å². The molecule has 4 nitrogen and oxygen atoms in total. The first kappa shape index (κ1) is 20.4. The summed E-state index contributed by atoms with van der Waals surface area (Å²) < 4.78 is 26.1. The second-order valence-electron chi connectivity index (χ2n) is 5.66. The quantitative estimate of drug-likeness (QED) is 0.462. The van der Waals surface area contributed by atoms with Crippen molar-refractivity contribution in [1.29, 1.82) is 5.26 Å². The van der Waals surface area contributed by atoms with Crippen LogP contribution in [-0.4, -0.2) is 20.7 Å². The number of sulfonamides is 1. The molecule has 0 spiro atoms. The lowest BCUT2D eigenvalue weighted by Crippen LogP contribution is -2.27. The third kappa shape index (κ3) is 15.6. The first-order chi connectivity index (χ1) is 10.1. The monoisotopic (exact) mass is 316 g/mol. The summed E-state index contributed by atoms with van der Waals surface area (Å²) >= 11 is 0. The van der Waals surface area contributed by atoms with Crippen LogP contribution in [0.2, 0.25) is 0 Å². The SMILES string of the molecule is CCCCCCCCCCS(=O)(=O)NCCCCCC#N. The predicted octanol–water partition coefficient (Wildman–Crippen LogP) is 4.13. The van der Waals surface area contributed by atoms with E-state index >= 15 is 0 Å². The van der Waals surface area contributed by atoms with E-state index in [2.05, 4.69) is 17.7 Å². The van der Waals surface area contributed by atoms with Crippen molar-refractivity contribution in [1.82, 2.24) is 4.72 Å². The maximum absolute atomic E-state index is 11.7. The molecule has 0 amide bonds. The lowest BCUT2D eigenvalue weighted by molar-refractivity contribution is 0.561. The Bertz CT molecular complexity index is 361. The highest BCUT2D eigenvalue weighted by atomic mass is 32.2. The molecule has 0 fully saturated rings. The highest BCUT2D eigenvalue weighted by molar-refractivity contribution is 7.89. The molecule has 0 aliphatic rings. The number of nitriles is 1. The Morgan fingerprint density at radius 1 is 0.857 bits per heavy atom. The van der Waals surface area contributed by atoms with Crippen LogP contribution in [0.25, 0.3) is 0 Å². The minimum Gasteiger partial charge on any atom is -0.215 e. The van der Waals surface area contributed by atoms with Crippen LogP contribution in [0.1, 0.15) is 84.0 Å². The number of hydrogen-bond donors (Lipinski definition) is 1. The van der Waals surface area contributed by atoms with Gasteiger partial charge in [-0.15, -0.1) is 0 Å². The van der Waals surface area contributed by atoms with E-state index in [1.165, 1.54) is 32.1 Å². The average Bonchev–Trinajstić information content (AvgIpc) is 2.45. The molecule has 0 rings (SSSR count). The molecule has 0 aliphatic heterocycles. The Labute approximate surface area is 131 Å². The summed E-state index contributed by atoms with van der Waals surface area (Å²) in [5.74, 6) is 0.250. The van der Waals surface area contributed by atoms with Crippen molar-refractivity contribution in [3.8, 4) is 6.07 Å². The number of rotatable bonds is 15. The summed E-state index contributed by atoms with van der Waals surface area (Å²) in [5.41, 5.74) is 0. The molecule has 0 saturated carbocycles. The van der Waals surface area contributed by atoms with Gasteiger partial charge >= 0.3 is 0 Å². The van der Waals surface area contributed by atoms with Crippen LogP contribution in [0.5, 0.6) is 0 Å². The minimum absolute atomic E-state index is 0.250. The number of nitrogens with zero attached hydrogens (tertiary/aromatic N) is 1. The minimum atomic E-state index is -3.09. The van der Waals surface area contributed by atoms with Gasteiger partial charge in [0.2, 0.25) is 10.0 Å². The normalized spacial score (nSPS) is 11.4. The molecule has 0 aromatic heterocycles. The molecule has 5 heteroatoms. The second kappa shape index (κ2) is 14.3. The summed E-state index contributed by atoms with van der Waals surface area (Å²) in [6, 6.07) is 2.09. The number of unbranched alkanes of at least 4 members (excludes halogenated alkanes) is 10. The predicted molar refractivity (Wildman–Crippen MR) is 88.5 cm³/mol. The van der Waals surface area contributed by atoms with Gasteiger partial charge < -0.3 is 0 Å². The highest BCUT2D eigenvalue weighted by Gasteiger charge is 2.08. The Morgan fingerprint density at radius 3 is 2.05 bits per heavy atom. The zero-order valence-electron chi connectivity index (χ0n) is 13.6. The Balaban J connectivity index is 3.41. The van der Waals surface area contributed by atoms with Gasteiger partial charge in [-0.25, -0.2) is 13.1 Å². The van der Waals surface area contributed by atoms with Gasteiger partial charge in [-0.1, -0.05) is 58.3 Å². The van der Waals surface area contributed by atoms with Crippen molar-refractivity contribution in [2.24, 2.45) is 0 Å². The molecule has 124 valence electrons. The fraction of sp³-hybridized carbons (Fsp3) is 0.938. The summed E-state index contributed by atoms with van der Waals surface area (Å²) in [7, 11) is -3.09. The molecule has 0 atom stereocenters. The van der Waals surface area contributed by atoms with Crippen molar-refractivity contribution in [2.45, 2.75) is 84.0 Å². The Kier molecular flexibility index (Phi) is 13.9. The smallest absolute Gasteiger partial charge is 0.211 e. The van der Waals surface area contributed by atoms with Gasteiger partial charge in [-0.3, -0.25) is 0 Å². The van der Waals surface area contributed by atoms with E-state index in [1.807, 2.05) is 0 Å². The first-order valence-corrected chi connectivity index (χ1v) is 10.1. The molecule has 0 bridgehead atoms. The molecule has 0 saturated heterocycles. The van der Waals surface area contributed by atoms with Gasteiger partial charge in [0.05, 0.1) is 11.8 Å². The lowest BCUT2D eigenvalue weighted by atomic mass is 10.1. The van der Waals surface area contributed by atoms with Crippen molar-refractivity contribution >= 4 is 10.0 Å². The van der Waals surface area contributed by atoms with Gasteiger partial charge in [0.25, 0.3) is 0 Å². The van der Waals surface area contributed by atoms with E-state index in [9.17, 15) is 8.42 Å². The van der Waals surface area contributed by atoms with Crippen molar-refractivity contribution in [3.63, 3.8) is 0 Å². The average molecular weight is 317 g/mol. The molecule has 0 aliphatic carbocycles. The van der Waals surface area contributed by atoms with E-state index in [4.69, 9.17) is 5.26 Å². The topological polar surface area (TPSA) is 70.0 Å². The van der Waals surface area contributed by atoms with Crippen LogP contribution in [0.15, 0.2) is 0 Å². The summed E-state index contributed by atoms with van der Waals surface area (Å²) in [4.78, 5) is 0. The van der Waals surface area contributed by atoms with Gasteiger partial charge in [0, 0.05) is 13.0 Å². The molecule has 21 heavy (non-hydrogen) atoms. The molecule has 0 unspecified atom stereocenters. The molecule has 0 aromatic rings. The maximum Gasteiger partial charge on any atom is 0.211 e. The van der Waals surface area contributed by atoms with E-state index in [1.54, 1.807) is 0 Å². The largest absolute Gasteiger partial charge is 0.215 e. The van der Waals surface area contributed by atoms with Crippen molar-refractivity contribution in [2.75, 3.05) is 12.3 Å². The second-order valence-corrected chi connectivity index (χ2v) is 7.58. The van der Waals surface area contributed by atoms with Crippen LogP contribution in [0, 0.1) is 11.3 Å². The number of hydrogen-bond acceptors (Lipinski definition) is 3. The van der Waals surface area contributed by atoms with Crippen LogP contribution in [-0.2, 0) is 10.0 Å². The third-order valence-electron chi connectivity index (χ3n) is 3.55. The Morgan fingerprint density at radius 2 is 1.43 bits per heavy atom. The van der Waals surface area contributed by atoms with Crippen LogP contribution < -0.4 is 4.72 Å². The molecule has 0 radical (unpaired) electrons.